The van der Waals surface area contributed by atoms with Gasteiger partial charge in [0.25, 0.3) is 18.2 Å². The minimum absolute atomic E-state index is 0.0433. The molecule has 0 atom stereocenters. The number of carbonyl (C=O) groups excluding carboxylic acids is 10. The van der Waals surface area contributed by atoms with E-state index < -0.39 is 44.3 Å². The summed E-state index contributed by atoms with van der Waals surface area (Å²) in [6, 6.07) is 14.7. The van der Waals surface area contributed by atoms with E-state index in [-0.39, 0.29) is 54.6 Å². The third-order valence-electron chi connectivity index (χ3n) is 5.82. The van der Waals surface area contributed by atoms with Gasteiger partial charge in [0, 0.05) is 26.9 Å². The largest absolute Gasteiger partial charge is 0.465 e. The van der Waals surface area contributed by atoms with Crippen LogP contribution in [0, 0.1) is 0 Å². The molecule has 3 aromatic carbocycles. The molecule has 0 saturated heterocycles. The van der Waals surface area contributed by atoms with E-state index in [0.29, 0.717) is 22.3 Å². The van der Waals surface area contributed by atoms with Crippen molar-refractivity contribution in [3.63, 3.8) is 0 Å². The average molecular weight is 866 g/mol. The quantitative estimate of drug-likeness (QED) is 0.107. The summed E-state index contributed by atoms with van der Waals surface area (Å²) in [7, 11) is 13.6. The van der Waals surface area contributed by atoms with Crippen molar-refractivity contribution in [2.24, 2.45) is 0 Å². The summed E-state index contributed by atoms with van der Waals surface area (Å²) in [5.74, 6) is -2.73. The second-order valence-electron chi connectivity index (χ2n) is 9.23. The zero-order chi connectivity index (χ0) is 43.2. The molecule has 0 unspecified atom stereocenters. The van der Waals surface area contributed by atoms with Gasteiger partial charge in [-0.15, -0.1) is 0 Å². The molecule has 56 heavy (non-hydrogen) atoms. The highest BCUT2D eigenvalue weighted by Gasteiger charge is 2.15. The molecule has 302 valence electrons. The zero-order valence-corrected chi connectivity index (χ0v) is 32.8. The van der Waals surface area contributed by atoms with E-state index in [1.54, 1.807) is 18.2 Å². The Morgan fingerprint density at radius 3 is 1.07 bits per heavy atom. The Bertz CT molecular complexity index is 1810. The summed E-state index contributed by atoms with van der Waals surface area (Å²) in [5.41, 5.74) is 2.30. The first-order valence-electron chi connectivity index (χ1n) is 14.4. The molecule has 3 aromatic rings. The van der Waals surface area contributed by atoms with Crippen molar-refractivity contribution < 1.29 is 85.3 Å². The molecule has 0 radical (unpaired) electrons. The third kappa shape index (κ3) is 21.7. The van der Waals surface area contributed by atoms with Crippen LogP contribution >= 0.6 is 33.0 Å². The number of ether oxygens (including phenoxy) is 7. The molecule has 0 amide bonds. The number of hydrogen-bond acceptors (Lipinski definition) is 18. The van der Waals surface area contributed by atoms with Gasteiger partial charge in [-0.3, -0.25) is 14.4 Å². The van der Waals surface area contributed by atoms with Gasteiger partial charge in [-0.05, 0) is 77.3 Å². The molecular formula is C34H31Cl3O18S. The lowest BCUT2D eigenvalue weighted by Gasteiger charge is -2.07. The molecule has 0 aliphatic rings. The second-order valence-corrected chi connectivity index (χ2v) is 12.1. The van der Waals surface area contributed by atoms with Gasteiger partial charge in [-0.2, -0.15) is 9.59 Å². The second kappa shape index (κ2) is 30.4. The predicted molar refractivity (Wildman–Crippen MR) is 193 cm³/mol. The molecule has 0 spiro atoms. The standard InChI is InChI=1S/C12H12O6.C11H9ClO5.C10H10O4.CO2.Cl2OS/c1-16-11(14)9-3-8(6-18-7-13)4-10(5-9)12(15)17-2;1-16-11(15)9-3-7(5-17-6-13)2-8(4-9)10(12)14;1-13-9(11)7-4-3-5-8(6-7)10(12)14-2;2-1-3;1-4(2)3/h3-5,7H,6H2,1-2H3;2-4,6H,5H2,1H3;3-6H,1-2H3;;. The van der Waals surface area contributed by atoms with Gasteiger partial charge >= 0.3 is 36.0 Å². The Balaban J connectivity index is 0. The monoisotopic (exact) mass is 864 g/mol. The number of halogens is 3. The molecule has 0 saturated carbocycles. The SMILES string of the molecule is COC(=O)c1cc(COC=O)cc(C(=O)Cl)c1.COC(=O)c1cc(COC=O)cc(C(=O)OC)c1.COC(=O)c1cccc(C(=O)OC)c1.O=C=O.O=S(Cl)Cl. The van der Waals surface area contributed by atoms with E-state index in [1.807, 2.05) is 0 Å². The summed E-state index contributed by atoms with van der Waals surface area (Å²) in [6.45, 7) is 0.458. The summed E-state index contributed by atoms with van der Waals surface area (Å²) < 4.78 is 40.9. The van der Waals surface area contributed by atoms with Crippen LogP contribution in [0.25, 0.3) is 0 Å². The van der Waals surface area contributed by atoms with Crippen molar-refractivity contribution in [3.8, 4) is 0 Å². The fourth-order valence-corrected chi connectivity index (χ4v) is 3.75. The Morgan fingerprint density at radius 1 is 0.554 bits per heavy atom. The lowest BCUT2D eigenvalue weighted by molar-refractivity contribution is -0.191. The van der Waals surface area contributed by atoms with Crippen LogP contribution in [0.1, 0.15) is 73.3 Å². The zero-order valence-electron chi connectivity index (χ0n) is 29.7. The number of rotatable bonds is 12. The van der Waals surface area contributed by atoms with Gasteiger partial charge in [0.15, 0.2) is 0 Å². The Hall–Kier alpha value is -5.98. The van der Waals surface area contributed by atoms with E-state index in [4.69, 9.17) is 25.4 Å². The van der Waals surface area contributed by atoms with Crippen LogP contribution in [0.4, 0.5) is 0 Å². The Labute approximate surface area is 334 Å². The van der Waals surface area contributed by atoms with Crippen molar-refractivity contribution in [2.45, 2.75) is 13.2 Å². The molecule has 3 rings (SSSR count). The van der Waals surface area contributed by atoms with Crippen molar-refractivity contribution in [1.82, 2.24) is 0 Å². The van der Waals surface area contributed by atoms with Crippen molar-refractivity contribution in [2.75, 3.05) is 35.5 Å². The first-order valence-corrected chi connectivity index (χ1v) is 17.6. The molecule has 0 bridgehead atoms. The van der Waals surface area contributed by atoms with E-state index in [9.17, 15) is 38.4 Å². The molecule has 18 nitrogen and oxygen atoms in total. The maximum absolute atomic E-state index is 11.4. The van der Waals surface area contributed by atoms with Crippen molar-refractivity contribution in [3.05, 3.63) is 105 Å². The Kier molecular flexibility index (Phi) is 28.3. The summed E-state index contributed by atoms with van der Waals surface area (Å²) in [6.07, 6.45) is 0.250. The minimum atomic E-state index is -1.67. The molecule has 22 heteroatoms. The first-order chi connectivity index (χ1) is 26.5. The maximum atomic E-state index is 11.4. The van der Waals surface area contributed by atoms with Crippen LogP contribution in [0.15, 0.2) is 60.7 Å². The number of carbonyl (C=O) groups is 8. The summed E-state index contributed by atoms with van der Waals surface area (Å²) in [4.78, 5) is 104. The number of benzene rings is 3. The first kappa shape index (κ1) is 52.1. The molecular weight excluding hydrogens is 835 g/mol. The minimum Gasteiger partial charge on any atom is -0.465 e. The maximum Gasteiger partial charge on any atom is 0.373 e. The lowest BCUT2D eigenvalue weighted by Crippen LogP contribution is -2.08. The van der Waals surface area contributed by atoms with Crippen molar-refractivity contribution >= 4 is 96.4 Å². The molecule has 0 aromatic heterocycles. The summed E-state index contributed by atoms with van der Waals surface area (Å²) >= 11 is 5.33. The van der Waals surface area contributed by atoms with Gasteiger partial charge in [0.2, 0.25) is 9.23 Å². The molecule has 0 aliphatic carbocycles. The van der Waals surface area contributed by atoms with Crippen LogP contribution in [0.2, 0.25) is 0 Å². The number of hydrogen-bond donors (Lipinski definition) is 0. The lowest BCUT2D eigenvalue weighted by atomic mass is 10.1. The van der Waals surface area contributed by atoms with Gasteiger partial charge < -0.3 is 33.2 Å². The predicted octanol–water partition coefficient (Wildman–Crippen LogP) is 4.18. The van der Waals surface area contributed by atoms with Gasteiger partial charge in [0.05, 0.1) is 63.4 Å². The average Bonchev–Trinajstić information content (AvgIpc) is 3.20. The van der Waals surface area contributed by atoms with Gasteiger partial charge in [0.1, 0.15) is 13.2 Å². The summed E-state index contributed by atoms with van der Waals surface area (Å²) in [5, 5.41) is -0.705. The van der Waals surface area contributed by atoms with Crippen molar-refractivity contribution in [1.29, 1.82) is 0 Å². The Morgan fingerprint density at radius 2 is 0.804 bits per heavy atom. The number of esters is 5. The van der Waals surface area contributed by atoms with Gasteiger partial charge in [-0.1, -0.05) is 6.07 Å². The van der Waals surface area contributed by atoms with Crippen LogP contribution in [0.5, 0.6) is 0 Å². The molecule has 0 N–H and O–H groups in total. The normalized spacial score (nSPS) is 9.02. The van der Waals surface area contributed by atoms with Crippen LogP contribution in [0.3, 0.4) is 0 Å². The van der Waals surface area contributed by atoms with E-state index in [0.717, 1.165) is 0 Å². The van der Waals surface area contributed by atoms with E-state index in [2.05, 4.69) is 54.5 Å². The van der Waals surface area contributed by atoms with E-state index in [1.165, 1.54) is 78.0 Å². The molecule has 0 fully saturated rings. The fourth-order valence-electron chi connectivity index (χ4n) is 3.64. The highest BCUT2D eigenvalue weighted by molar-refractivity contribution is 8.26. The molecule has 0 heterocycles. The van der Waals surface area contributed by atoms with Gasteiger partial charge in [-0.25, -0.2) is 28.2 Å². The van der Waals surface area contributed by atoms with Crippen LogP contribution in [-0.2, 0) is 74.8 Å². The fraction of sp³-hybridized carbons (Fsp3) is 0.206. The third-order valence-corrected chi connectivity index (χ3v) is 6.03. The molecule has 0 aliphatic heterocycles. The number of methoxy groups -OCH3 is 5. The topological polar surface area (TPSA) is 252 Å². The van der Waals surface area contributed by atoms with Crippen LogP contribution in [-0.4, -0.2) is 93.9 Å². The smallest absolute Gasteiger partial charge is 0.373 e. The van der Waals surface area contributed by atoms with E-state index >= 15 is 0 Å². The highest BCUT2D eigenvalue weighted by Crippen LogP contribution is 2.15. The highest BCUT2D eigenvalue weighted by atomic mass is 36.0. The van der Waals surface area contributed by atoms with Crippen LogP contribution < -0.4 is 0 Å².